The molecular weight excluding hydrogens is 276 g/mol. The summed E-state index contributed by atoms with van der Waals surface area (Å²) < 4.78 is 0. The second kappa shape index (κ2) is 8.71. The minimum Gasteiger partial charge on any atom is -0.387 e. The van der Waals surface area contributed by atoms with E-state index in [1.807, 2.05) is 6.07 Å². The number of rotatable bonds is 6. The molecule has 0 bridgehead atoms. The van der Waals surface area contributed by atoms with E-state index in [1.54, 1.807) is 0 Å². The van der Waals surface area contributed by atoms with Gasteiger partial charge in [-0.25, -0.2) is 0 Å². The third-order valence-electron chi connectivity index (χ3n) is 4.12. The van der Waals surface area contributed by atoms with E-state index in [4.69, 9.17) is 5.11 Å². The fourth-order valence-corrected chi connectivity index (χ4v) is 2.89. The van der Waals surface area contributed by atoms with Gasteiger partial charge in [-0.15, -0.1) is 0 Å². The number of carbonyl (C=O) groups is 1. The molecule has 0 saturated carbocycles. The molecule has 1 aliphatic rings. The molecule has 0 unspecified atom stereocenters. The quantitative estimate of drug-likeness (QED) is 0.844. The summed E-state index contributed by atoms with van der Waals surface area (Å²) in [4.78, 5) is 13.5. The number of piperidine rings is 1. The van der Waals surface area contributed by atoms with Gasteiger partial charge in [-0.3, -0.25) is 9.69 Å². The molecule has 1 aliphatic heterocycles. The van der Waals surface area contributed by atoms with Gasteiger partial charge in [-0.2, -0.15) is 0 Å². The highest BCUT2D eigenvalue weighted by Gasteiger charge is 2.19. The standard InChI is InChI=1S/C18H26N2O2/c1-15(11-16-5-3-2-4-6-16)13-20-9-7-17(8-10-20)12-19-18(22)14-21/h2-6,11,17,21H,7-10,12-14H2,1H3,(H,19,22)/b15-11+. The summed E-state index contributed by atoms with van der Waals surface area (Å²) in [7, 11) is 0. The number of hydrogen-bond donors (Lipinski definition) is 2. The van der Waals surface area contributed by atoms with Gasteiger partial charge in [0.2, 0.25) is 5.91 Å². The van der Waals surface area contributed by atoms with Crippen LogP contribution in [0.2, 0.25) is 0 Å². The minimum atomic E-state index is -0.414. The Balaban J connectivity index is 1.73. The van der Waals surface area contributed by atoms with Crippen molar-refractivity contribution in [3.05, 3.63) is 41.5 Å². The molecule has 2 N–H and O–H groups in total. The predicted molar refractivity (Wildman–Crippen MR) is 89.4 cm³/mol. The van der Waals surface area contributed by atoms with Gasteiger partial charge >= 0.3 is 0 Å². The van der Waals surface area contributed by atoms with E-state index in [2.05, 4.69) is 47.5 Å². The number of aliphatic hydroxyl groups excluding tert-OH is 1. The molecule has 0 spiro atoms. The van der Waals surface area contributed by atoms with E-state index < -0.39 is 6.61 Å². The molecule has 0 aliphatic carbocycles. The first-order chi connectivity index (χ1) is 10.7. The smallest absolute Gasteiger partial charge is 0.245 e. The lowest BCUT2D eigenvalue weighted by atomic mass is 9.96. The fraction of sp³-hybridized carbons (Fsp3) is 0.500. The Labute approximate surface area is 132 Å². The third-order valence-corrected chi connectivity index (χ3v) is 4.12. The van der Waals surface area contributed by atoms with Crippen molar-refractivity contribution in [1.82, 2.24) is 10.2 Å². The van der Waals surface area contributed by atoms with Crippen LogP contribution >= 0.6 is 0 Å². The SMILES string of the molecule is C/C(=C\c1ccccc1)CN1CCC(CNC(=O)CO)CC1. The van der Waals surface area contributed by atoms with Gasteiger partial charge < -0.3 is 10.4 Å². The average Bonchev–Trinajstić information content (AvgIpc) is 2.54. The summed E-state index contributed by atoms with van der Waals surface area (Å²) >= 11 is 0. The Morgan fingerprint density at radius 3 is 2.64 bits per heavy atom. The van der Waals surface area contributed by atoms with E-state index in [9.17, 15) is 4.79 Å². The number of nitrogens with one attached hydrogen (secondary N) is 1. The van der Waals surface area contributed by atoms with Crippen LogP contribution in [0.5, 0.6) is 0 Å². The summed E-state index contributed by atoms with van der Waals surface area (Å²) in [5.41, 5.74) is 2.62. The van der Waals surface area contributed by atoms with Crippen LogP contribution in [0.15, 0.2) is 35.9 Å². The molecule has 4 heteroatoms. The highest BCUT2D eigenvalue weighted by atomic mass is 16.3. The summed E-state index contributed by atoms with van der Waals surface area (Å²) in [6.07, 6.45) is 4.45. The number of likely N-dealkylation sites (tertiary alicyclic amines) is 1. The number of aliphatic hydroxyl groups is 1. The van der Waals surface area contributed by atoms with E-state index >= 15 is 0 Å². The summed E-state index contributed by atoms with van der Waals surface area (Å²) in [6, 6.07) is 10.4. The molecule has 0 atom stereocenters. The van der Waals surface area contributed by atoms with Crippen molar-refractivity contribution in [2.24, 2.45) is 5.92 Å². The summed E-state index contributed by atoms with van der Waals surface area (Å²) in [6.45, 7) is 5.60. The van der Waals surface area contributed by atoms with Crippen molar-refractivity contribution >= 4 is 12.0 Å². The van der Waals surface area contributed by atoms with Gasteiger partial charge in [0.05, 0.1) is 0 Å². The maximum absolute atomic E-state index is 11.1. The topological polar surface area (TPSA) is 52.6 Å². The number of benzene rings is 1. The normalized spacial score (nSPS) is 17.5. The number of hydrogen-bond acceptors (Lipinski definition) is 3. The summed E-state index contributed by atoms with van der Waals surface area (Å²) in [5.74, 6) is 0.259. The lowest BCUT2D eigenvalue weighted by molar-refractivity contribution is -0.124. The average molecular weight is 302 g/mol. The van der Waals surface area contributed by atoms with Crippen molar-refractivity contribution in [2.75, 3.05) is 32.8 Å². The molecule has 22 heavy (non-hydrogen) atoms. The zero-order valence-corrected chi connectivity index (χ0v) is 13.3. The Morgan fingerprint density at radius 1 is 1.32 bits per heavy atom. The lowest BCUT2D eigenvalue weighted by Crippen LogP contribution is -2.39. The van der Waals surface area contributed by atoms with Crippen molar-refractivity contribution in [3.63, 3.8) is 0 Å². The molecule has 4 nitrogen and oxygen atoms in total. The zero-order chi connectivity index (χ0) is 15.8. The van der Waals surface area contributed by atoms with E-state index in [-0.39, 0.29) is 5.91 Å². The number of amides is 1. The monoisotopic (exact) mass is 302 g/mol. The van der Waals surface area contributed by atoms with Crippen LogP contribution < -0.4 is 5.32 Å². The summed E-state index contributed by atoms with van der Waals surface area (Å²) in [5, 5.41) is 11.5. The first-order valence-electron chi connectivity index (χ1n) is 7.99. The first kappa shape index (κ1) is 16.7. The van der Waals surface area contributed by atoms with Gasteiger partial charge in [0, 0.05) is 13.1 Å². The Morgan fingerprint density at radius 2 is 2.00 bits per heavy atom. The molecule has 0 aromatic heterocycles. The molecule has 0 radical (unpaired) electrons. The lowest BCUT2D eigenvalue weighted by Gasteiger charge is -2.32. The maximum Gasteiger partial charge on any atom is 0.245 e. The van der Waals surface area contributed by atoms with Gasteiger partial charge in [0.1, 0.15) is 6.61 Å². The molecule has 1 heterocycles. The van der Waals surface area contributed by atoms with Crippen molar-refractivity contribution in [2.45, 2.75) is 19.8 Å². The van der Waals surface area contributed by atoms with Crippen molar-refractivity contribution < 1.29 is 9.90 Å². The number of carbonyl (C=O) groups excluding carboxylic acids is 1. The van der Waals surface area contributed by atoms with Crippen molar-refractivity contribution in [1.29, 1.82) is 0 Å². The predicted octanol–water partition coefficient (Wildman–Crippen LogP) is 1.91. The third kappa shape index (κ3) is 5.62. The van der Waals surface area contributed by atoms with Crippen LogP contribution in [0.25, 0.3) is 6.08 Å². The largest absolute Gasteiger partial charge is 0.387 e. The maximum atomic E-state index is 11.1. The van der Waals surface area contributed by atoms with E-state index in [0.29, 0.717) is 12.5 Å². The van der Waals surface area contributed by atoms with E-state index in [0.717, 1.165) is 32.5 Å². The second-order valence-electron chi connectivity index (χ2n) is 6.08. The highest BCUT2D eigenvalue weighted by Crippen LogP contribution is 2.18. The number of nitrogens with zero attached hydrogens (tertiary/aromatic N) is 1. The van der Waals surface area contributed by atoms with Crippen molar-refractivity contribution in [3.8, 4) is 0 Å². The first-order valence-corrected chi connectivity index (χ1v) is 7.99. The van der Waals surface area contributed by atoms with E-state index in [1.165, 1.54) is 11.1 Å². The molecule has 1 fully saturated rings. The Kier molecular flexibility index (Phi) is 6.62. The van der Waals surface area contributed by atoms with Gasteiger partial charge in [0.15, 0.2) is 0 Å². The molecule has 1 saturated heterocycles. The molecule has 1 amide bonds. The van der Waals surface area contributed by atoms with Gasteiger partial charge in [0.25, 0.3) is 0 Å². The fourth-order valence-electron chi connectivity index (χ4n) is 2.89. The van der Waals surface area contributed by atoms with Crippen LogP contribution in [-0.2, 0) is 4.79 Å². The highest BCUT2D eigenvalue weighted by molar-refractivity contribution is 5.76. The van der Waals surface area contributed by atoms with Crippen LogP contribution in [0.4, 0.5) is 0 Å². The van der Waals surface area contributed by atoms with Gasteiger partial charge in [-0.1, -0.05) is 42.0 Å². The van der Waals surface area contributed by atoms with Gasteiger partial charge in [-0.05, 0) is 44.3 Å². The second-order valence-corrected chi connectivity index (χ2v) is 6.08. The molecule has 1 aromatic carbocycles. The Hall–Kier alpha value is -1.65. The molecule has 120 valence electrons. The van der Waals surface area contributed by atoms with Crippen LogP contribution in [0.3, 0.4) is 0 Å². The molecular formula is C18H26N2O2. The molecule has 2 rings (SSSR count). The Bertz CT molecular complexity index is 491. The zero-order valence-electron chi connectivity index (χ0n) is 13.3. The van der Waals surface area contributed by atoms with Crippen LogP contribution in [-0.4, -0.2) is 48.7 Å². The van der Waals surface area contributed by atoms with Crippen LogP contribution in [0, 0.1) is 5.92 Å². The van der Waals surface area contributed by atoms with Crippen LogP contribution in [0.1, 0.15) is 25.3 Å². The molecule has 1 aromatic rings. The minimum absolute atomic E-state index is 0.274.